The first-order valence-corrected chi connectivity index (χ1v) is 7.75. The quantitative estimate of drug-likeness (QED) is 0.525. The van der Waals surface area contributed by atoms with E-state index in [-0.39, 0.29) is 12.5 Å². The Hall–Kier alpha value is -3.95. The Morgan fingerprint density at radius 2 is 1.64 bits per heavy atom. The van der Waals surface area contributed by atoms with Crippen LogP contribution in [0.5, 0.6) is 0 Å². The van der Waals surface area contributed by atoms with Gasteiger partial charge in [-0.2, -0.15) is 0 Å². The number of carboxylic acid groups (broad SMARTS) is 1. The van der Waals surface area contributed by atoms with E-state index in [1.165, 1.54) is 0 Å². The molecule has 2 N–H and O–H groups in total. The standard InChI is InChI=1S/C19H18NO4.Rf/c1-12(10-18(21)22)20-19(23)24-11-17-15-8-4-2-6-13(15)14-7-3-5-9-16(14)17;/h2-10,12,17H,11H2,1H3,(H,20,23)(H,21,22);/q-1;. The monoisotopic (exact) mass is 591 g/mol. The van der Waals surface area contributed by atoms with Crippen LogP contribution in [-0.4, -0.2) is 29.8 Å². The summed E-state index contributed by atoms with van der Waals surface area (Å²) in [6.07, 6.45) is 0.378. The Kier molecular flexibility index (Phi) is 4.93. The molecular weight excluding hydrogens is 573 g/mol. The molecule has 25 heavy (non-hydrogen) atoms. The van der Waals surface area contributed by atoms with E-state index in [4.69, 9.17) is 9.84 Å². The molecule has 1 amide bonds. The van der Waals surface area contributed by atoms with Crippen molar-refractivity contribution in [2.75, 3.05) is 6.61 Å². The first kappa shape index (κ1) is 17.4. The summed E-state index contributed by atoms with van der Waals surface area (Å²) in [5, 5.41) is 11.2. The largest absolute Gasteiger partial charge is 0.503 e. The third kappa shape index (κ3) is 3.52. The van der Waals surface area contributed by atoms with Crippen LogP contribution < -0.4 is 5.32 Å². The number of carbonyl (C=O) groups excluding carboxylic acids is 1. The van der Waals surface area contributed by atoms with Crippen molar-refractivity contribution in [3.8, 4) is 11.1 Å². The zero-order valence-corrected chi connectivity index (χ0v) is 20.3. The van der Waals surface area contributed by atoms with Crippen LogP contribution in [0.4, 0.5) is 4.79 Å². The number of aliphatic carboxylic acids is 1. The molecule has 0 saturated carbocycles. The van der Waals surface area contributed by atoms with Crippen LogP contribution in [-0.2, 0) is 9.53 Å². The van der Waals surface area contributed by atoms with Crippen molar-refractivity contribution in [2.24, 2.45) is 0 Å². The van der Waals surface area contributed by atoms with Crippen LogP contribution >= 0.6 is 0 Å². The second-order valence-electron chi connectivity index (χ2n) is 5.76. The molecule has 0 saturated heterocycles. The molecule has 0 fully saturated rings. The van der Waals surface area contributed by atoms with E-state index in [1.54, 1.807) is 6.92 Å². The summed E-state index contributed by atoms with van der Waals surface area (Å²) in [5.74, 6) is -1.09. The number of rotatable bonds is 5. The van der Waals surface area contributed by atoms with Crippen molar-refractivity contribution < 1.29 is 19.4 Å². The molecule has 1 atom stereocenters. The minimum absolute atomic E-state index is 0. The maximum Gasteiger partial charge on any atom is 0.405 e. The number of ether oxygens (including phenoxy) is 1. The molecule has 3 rings (SSSR count). The molecule has 6 heteroatoms. The Balaban J connectivity index is 0.00000225. The molecule has 0 aromatic heterocycles. The molecule has 5 nitrogen and oxygen atoms in total. The van der Waals surface area contributed by atoms with Crippen LogP contribution in [0, 0.1) is 6.42 Å². The van der Waals surface area contributed by atoms with Gasteiger partial charge >= 0.3 is 6.09 Å². The van der Waals surface area contributed by atoms with Gasteiger partial charge in [0.05, 0.1) is 0 Å². The van der Waals surface area contributed by atoms with Gasteiger partial charge in [-0.1, -0.05) is 61.5 Å². The second kappa shape index (κ2) is 7.08. The van der Waals surface area contributed by atoms with Crippen molar-refractivity contribution >= 4 is 12.1 Å². The van der Waals surface area contributed by atoms with Gasteiger partial charge < -0.3 is 15.2 Å². The van der Waals surface area contributed by atoms with Gasteiger partial charge in [-0.15, -0.1) is 0 Å². The van der Waals surface area contributed by atoms with Crippen molar-refractivity contribution in [3.63, 3.8) is 0 Å². The van der Waals surface area contributed by atoms with E-state index in [1.807, 2.05) is 36.4 Å². The zero-order chi connectivity index (χ0) is 17.1. The summed E-state index contributed by atoms with van der Waals surface area (Å²) in [6.45, 7) is 1.79. The predicted octanol–water partition coefficient (Wildman–Crippen LogP) is 3.20. The smallest absolute Gasteiger partial charge is 0.405 e. The normalized spacial score (nSPS) is 13.0. The van der Waals surface area contributed by atoms with E-state index >= 15 is 0 Å². The van der Waals surface area contributed by atoms with E-state index < -0.39 is 18.1 Å². The van der Waals surface area contributed by atoms with Crippen molar-refractivity contribution in [1.82, 2.24) is 5.32 Å². The predicted molar refractivity (Wildman–Crippen MR) is 89.6 cm³/mol. The number of nitrogens with one attached hydrogen (secondary N) is 1. The summed E-state index contributed by atoms with van der Waals surface area (Å²) in [5.41, 5.74) is 4.60. The van der Waals surface area contributed by atoms with Gasteiger partial charge in [0.1, 0.15) is 6.61 Å². The molecule has 0 heterocycles. The van der Waals surface area contributed by atoms with E-state index in [0.717, 1.165) is 28.7 Å². The Labute approximate surface area is 140 Å². The number of fused-ring (bicyclic) bond motifs is 3. The van der Waals surface area contributed by atoms with Gasteiger partial charge in [-0.3, -0.25) is 11.2 Å². The summed E-state index contributed by atoms with van der Waals surface area (Å²) >= 11 is 0. The number of hydrogen-bond donors (Lipinski definition) is 2. The molecule has 0 bridgehead atoms. The van der Waals surface area contributed by atoms with Gasteiger partial charge in [0.15, 0.2) is 5.97 Å². The Morgan fingerprint density at radius 3 is 2.16 bits per heavy atom. The fraction of sp³-hybridized carbons (Fsp3) is 0.211. The minimum Gasteiger partial charge on any atom is -0.503 e. The summed E-state index contributed by atoms with van der Waals surface area (Å²) in [7, 11) is 0. The molecule has 0 aliphatic heterocycles. The topological polar surface area (TPSA) is 75.6 Å². The summed E-state index contributed by atoms with van der Waals surface area (Å²) in [4.78, 5) is 22.5. The SMILES string of the molecule is CC([CH-]C(=O)O)NC(=O)OCC1c2ccccc2-c2ccccc21.[Rf]. The van der Waals surface area contributed by atoms with E-state index in [0.29, 0.717) is 0 Å². The third-order valence-corrected chi connectivity index (χ3v) is 4.08. The number of hydrogen-bond acceptors (Lipinski definition) is 3. The van der Waals surface area contributed by atoms with Gasteiger partial charge in [0.2, 0.25) is 0 Å². The van der Waals surface area contributed by atoms with Gasteiger partial charge in [0.25, 0.3) is 0 Å². The molecule has 2 aromatic rings. The molecule has 1 aliphatic rings. The molecule has 2 aromatic carbocycles. The number of benzene rings is 2. The van der Waals surface area contributed by atoms with Crippen molar-refractivity contribution in [1.29, 1.82) is 0 Å². The van der Waals surface area contributed by atoms with Crippen LogP contribution in [0.1, 0.15) is 24.0 Å². The van der Waals surface area contributed by atoms with Crippen molar-refractivity contribution in [2.45, 2.75) is 18.9 Å². The Bertz CT molecular complexity index is 732. The molecule has 1 aliphatic carbocycles. The van der Waals surface area contributed by atoms with Crippen LogP contribution in [0.15, 0.2) is 48.5 Å². The van der Waals surface area contributed by atoms with Gasteiger partial charge in [-0.25, -0.2) is 4.79 Å². The fourth-order valence-corrected chi connectivity index (χ4v) is 3.08. The van der Waals surface area contributed by atoms with Gasteiger partial charge in [-0.05, 0) is 22.3 Å². The van der Waals surface area contributed by atoms with E-state index in [2.05, 4.69) is 17.4 Å². The average Bonchev–Trinajstić information content (AvgIpc) is 2.86. The number of amides is 1. The van der Waals surface area contributed by atoms with Gasteiger partial charge in [0, 0.05) is 5.92 Å². The first-order chi connectivity index (χ1) is 11.6. The molecule has 0 radical (unpaired) electrons. The molecular formula is C19H18NO4Rf-. The van der Waals surface area contributed by atoms with Crippen LogP contribution in [0.2, 0.25) is 0 Å². The average molecular weight is 591 g/mol. The van der Waals surface area contributed by atoms with E-state index in [9.17, 15) is 9.59 Å². The maximum absolute atomic E-state index is 11.9. The minimum atomic E-state index is -1.08. The maximum atomic E-state index is 11.9. The number of carboxylic acids is 1. The van der Waals surface area contributed by atoms with Crippen LogP contribution in [0.25, 0.3) is 11.1 Å². The summed E-state index contributed by atoms with van der Waals surface area (Å²) < 4.78 is 5.33. The third-order valence-electron chi connectivity index (χ3n) is 4.08. The van der Waals surface area contributed by atoms with Crippen LogP contribution in [0.3, 0.4) is 0 Å². The molecule has 0 spiro atoms. The molecule has 1 unspecified atom stereocenters. The molecule has 126 valence electrons. The zero-order valence-electron chi connectivity index (χ0n) is 13.9. The van der Waals surface area contributed by atoms with Crippen molar-refractivity contribution in [3.05, 3.63) is 66.1 Å². The summed E-state index contributed by atoms with van der Waals surface area (Å²) in [6, 6.07) is 15.6. The fourth-order valence-electron chi connectivity index (χ4n) is 3.08. The second-order valence-corrected chi connectivity index (χ2v) is 5.76. The first-order valence-electron chi connectivity index (χ1n) is 7.75. The Morgan fingerprint density at radius 1 is 1.12 bits per heavy atom. The number of carbonyl (C=O) groups is 2. The number of alkyl carbamates (subject to hydrolysis) is 1.